The number of aromatic carboxylic acids is 1. The molecule has 1 aromatic rings. The number of nitro groups is 1. The van der Waals surface area contributed by atoms with E-state index in [1.165, 1.54) is 18.2 Å². The third kappa shape index (κ3) is 4.18. The number of nitro benzene ring substituents is 1. The standard InChI is InChI=1S/C15H22N2O4/c1-4-6-9-16(11(3)5-2)14-10-12(17(20)21)7-8-13(14)15(18)19/h7-8,10-11H,4-6,9H2,1-3H3,(H,18,19). The average Bonchev–Trinajstić information content (AvgIpc) is 2.46. The van der Waals surface area contributed by atoms with Crippen molar-refractivity contribution in [3.05, 3.63) is 33.9 Å². The Morgan fingerprint density at radius 1 is 1.43 bits per heavy atom. The van der Waals surface area contributed by atoms with Crippen LogP contribution in [0, 0.1) is 10.1 Å². The van der Waals surface area contributed by atoms with Gasteiger partial charge in [0.2, 0.25) is 0 Å². The lowest BCUT2D eigenvalue weighted by Crippen LogP contribution is -2.34. The van der Waals surface area contributed by atoms with E-state index in [2.05, 4.69) is 6.92 Å². The second-order valence-electron chi connectivity index (χ2n) is 5.07. The Balaban J connectivity index is 3.33. The van der Waals surface area contributed by atoms with Gasteiger partial charge in [0, 0.05) is 24.7 Å². The number of anilines is 1. The van der Waals surface area contributed by atoms with E-state index in [9.17, 15) is 20.0 Å². The molecule has 0 aliphatic rings. The van der Waals surface area contributed by atoms with Crippen LogP contribution in [0.4, 0.5) is 11.4 Å². The number of carbonyl (C=O) groups is 1. The fourth-order valence-corrected chi connectivity index (χ4v) is 2.18. The molecule has 1 atom stereocenters. The van der Waals surface area contributed by atoms with Crippen molar-refractivity contribution < 1.29 is 14.8 Å². The highest BCUT2D eigenvalue weighted by atomic mass is 16.6. The number of unbranched alkanes of at least 4 members (excludes halogenated alkanes) is 1. The quantitative estimate of drug-likeness (QED) is 0.583. The van der Waals surface area contributed by atoms with Crippen LogP contribution < -0.4 is 4.90 Å². The maximum absolute atomic E-state index is 11.4. The molecule has 0 fully saturated rings. The zero-order chi connectivity index (χ0) is 16.0. The molecule has 0 saturated heterocycles. The molecule has 0 radical (unpaired) electrons. The summed E-state index contributed by atoms with van der Waals surface area (Å²) in [5.74, 6) is -1.07. The van der Waals surface area contributed by atoms with Crippen LogP contribution in [0.3, 0.4) is 0 Å². The molecule has 6 nitrogen and oxygen atoms in total. The van der Waals surface area contributed by atoms with Gasteiger partial charge in [0.05, 0.1) is 16.2 Å². The van der Waals surface area contributed by atoms with Gasteiger partial charge in [-0.05, 0) is 25.8 Å². The summed E-state index contributed by atoms with van der Waals surface area (Å²) < 4.78 is 0. The summed E-state index contributed by atoms with van der Waals surface area (Å²) in [6.07, 6.45) is 2.72. The molecule has 0 aromatic heterocycles. The third-order valence-electron chi connectivity index (χ3n) is 3.61. The van der Waals surface area contributed by atoms with Gasteiger partial charge in [0.25, 0.3) is 5.69 Å². The Morgan fingerprint density at radius 2 is 2.10 bits per heavy atom. The highest BCUT2D eigenvalue weighted by molar-refractivity contribution is 5.95. The molecule has 1 rings (SSSR count). The number of carboxylic acid groups (broad SMARTS) is 1. The smallest absolute Gasteiger partial charge is 0.337 e. The molecule has 0 saturated carbocycles. The molecule has 1 aromatic carbocycles. The van der Waals surface area contributed by atoms with Gasteiger partial charge in [0.15, 0.2) is 0 Å². The van der Waals surface area contributed by atoms with E-state index in [1.54, 1.807) is 0 Å². The molecule has 0 heterocycles. The van der Waals surface area contributed by atoms with Crippen LogP contribution in [0.1, 0.15) is 50.4 Å². The highest BCUT2D eigenvalue weighted by Gasteiger charge is 2.22. The number of nitrogens with zero attached hydrogens (tertiary/aromatic N) is 2. The first-order valence-corrected chi connectivity index (χ1v) is 7.20. The summed E-state index contributed by atoms with van der Waals surface area (Å²) >= 11 is 0. The van der Waals surface area contributed by atoms with E-state index in [0.717, 1.165) is 19.3 Å². The lowest BCUT2D eigenvalue weighted by Gasteiger charge is -2.31. The highest BCUT2D eigenvalue weighted by Crippen LogP contribution is 2.29. The number of non-ortho nitro benzene ring substituents is 1. The van der Waals surface area contributed by atoms with Crippen molar-refractivity contribution in [2.24, 2.45) is 0 Å². The Morgan fingerprint density at radius 3 is 2.57 bits per heavy atom. The Bertz CT molecular complexity index is 516. The van der Waals surface area contributed by atoms with Crippen LogP contribution in [-0.2, 0) is 0 Å². The first-order chi connectivity index (χ1) is 9.92. The third-order valence-corrected chi connectivity index (χ3v) is 3.61. The maximum Gasteiger partial charge on any atom is 0.337 e. The maximum atomic E-state index is 11.4. The summed E-state index contributed by atoms with van der Waals surface area (Å²) in [6.45, 7) is 6.76. The van der Waals surface area contributed by atoms with Crippen molar-refractivity contribution in [1.82, 2.24) is 0 Å². The first kappa shape index (κ1) is 16.9. The molecule has 0 bridgehead atoms. The average molecular weight is 294 g/mol. The van der Waals surface area contributed by atoms with Gasteiger partial charge in [0.1, 0.15) is 0 Å². The lowest BCUT2D eigenvalue weighted by molar-refractivity contribution is -0.384. The normalized spacial score (nSPS) is 12.0. The number of benzene rings is 1. The van der Waals surface area contributed by atoms with E-state index in [1.807, 2.05) is 18.7 Å². The summed E-state index contributed by atoms with van der Waals surface area (Å²) in [5.41, 5.74) is 0.455. The molecular formula is C15H22N2O4. The molecule has 6 heteroatoms. The number of carboxylic acids is 1. The monoisotopic (exact) mass is 294 g/mol. The summed E-state index contributed by atoms with van der Waals surface area (Å²) in [5, 5.41) is 20.3. The van der Waals surface area contributed by atoms with Crippen LogP contribution in [0.2, 0.25) is 0 Å². The Labute approximate surface area is 124 Å². The van der Waals surface area contributed by atoms with Crippen LogP contribution in [0.15, 0.2) is 18.2 Å². The van der Waals surface area contributed by atoms with Crippen molar-refractivity contribution in [3.8, 4) is 0 Å². The molecule has 1 N–H and O–H groups in total. The van der Waals surface area contributed by atoms with Gasteiger partial charge in [-0.15, -0.1) is 0 Å². The fraction of sp³-hybridized carbons (Fsp3) is 0.533. The van der Waals surface area contributed by atoms with E-state index in [-0.39, 0.29) is 17.3 Å². The summed E-state index contributed by atoms with van der Waals surface area (Å²) in [7, 11) is 0. The first-order valence-electron chi connectivity index (χ1n) is 7.20. The van der Waals surface area contributed by atoms with Crippen LogP contribution in [0.25, 0.3) is 0 Å². The molecule has 0 spiro atoms. The minimum Gasteiger partial charge on any atom is -0.478 e. The number of hydrogen-bond donors (Lipinski definition) is 1. The lowest BCUT2D eigenvalue weighted by atomic mass is 10.1. The largest absolute Gasteiger partial charge is 0.478 e. The van der Waals surface area contributed by atoms with Crippen LogP contribution in [-0.4, -0.2) is 28.6 Å². The SMILES string of the molecule is CCCCN(c1cc([N+](=O)[O-])ccc1C(=O)O)C(C)CC. The van der Waals surface area contributed by atoms with Gasteiger partial charge < -0.3 is 10.0 Å². The zero-order valence-corrected chi connectivity index (χ0v) is 12.7. The number of hydrogen-bond acceptors (Lipinski definition) is 4. The topological polar surface area (TPSA) is 83.7 Å². The van der Waals surface area contributed by atoms with E-state index in [0.29, 0.717) is 12.2 Å². The van der Waals surface area contributed by atoms with Crippen LogP contribution >= 0.6 is 0 Å². The predicted molar refractivity (Wildman–Crippen MR) is 82.1 cm³/mol. The van der Waals surface area contributed by atoms with Crippen molar-refractivity contribution in [2.75, 3.05) is 11.4 Å². The van der Waals surface area contributed by atoms with Crippen molar-refractivity contribution >= 4 is 17.3 Å². The predicted octanol–water partition coefficient (Wildman–Crippen LogP) is 3.70. The van der Waals surface area contributed by atoms with Gasteiger partial charge in [-0.25, -0.2) is 4.79 Å². The van der Waals surface area contributed by atoms with E-state index >= 15 is 0 Å². The Hall–Kier alpha value is -2.11. The molecule has 0 aliphatic heterocycles. The molecular weight excluding hydrogens is 272 g/mol. The minimum absolute atomic E-state index is 0.0835. The molecule has 116 valence electrons. The van der Waals surface area contributed by atoms with Crippen molar-refractivity contribution in [1.29, 1.82) is 0 Å². The van der Waals surface area contributed by atoms with Crippen LogP contribution in [0.5, 0.6) is 0 Å². The van der Waals surface area contributed by atoms with Gasteiger partial charge in [-0.3, -0.25) is 10.1 Å². The second-order valence-corrected chi connectivity index (χ2v) is 5.07. The van der Waals surface area contributed by atoms with E-state index < -0.39 is 10.9 Å². The van der Waals surface area contributed by atoms with E-state index in [4.69, 9.17) is 0 Å². The molecule has 0 amide bonds. The van der Waals surface area contributed by atoms with Gasteiger partial charge >= 0.3 is 5.97 Å². The van der Waals surface area contributed by atoms with Crippen molar-refractivity contribution in [3.63, 3.8) is 0 Å². The summed E-state index contributed by atoms with van der Waals surface area (Å²) in [4.78, 5) is 23.8. The minimum atomic E-state index is -1.07. The summed E-state index contributed by atoms with van der Waals surface area (Å²) in [6, 6.07) is 4.04. The molecule has 1 unspecified atom stereocenters. The van der Waals surface area contributed by atoms with Gasteiger partial charge in [-0.2, -0.15) is 0 Å². The second kappa shape index (κ2) is 7.61. The van der Waals surface area contributed by atoms with Crippen molar-refractivity contribution in [2.45, 2.75) is 46.1 Å². The number of rotatable bonds is 8. The zero-order valence-electron chi connectivity index (χ0n) is 12.7. The van der Waals surface area contributed by atoms with Gasteiger partial charge in [-0.1, -0.05) is 20.3 Å². The Kier molecular flexibility index (Phi) is 6.14. The molecule has 21 heavy (non-hydrogen) atoms. The fourth-order valence-electron chi connectivity index (χ4n) is 2.18. The molecule has 0 aliphatic carbocycles.